The van der Waals surface area contributed by atoms with E-state index in [9.17, 15) is 0 Å². The molecule has 2 unspecified atom stereocenters. The molecule has 1 aromatic heterocycles. The van der Waals surface area contributed by atoms with E-state index in [0.29, 0.717) is 0 Å². The normalized spacial score (nSPS) is 26.3. The summed E-state index contributed by atoms with van der Waals surface area (Å²) >= 11 is 2.19. The monoisotopic (exact) mass is 925 g/mol. The van der Waals surface area contributed by atoms with Crippen LogP contribution in [0.1, 0.15) is 203 Å². The van der Waals surface area contributed by atoms with Crippen molar-refractivity contribution in [1.82, 2.24) is 0 Å². The van der Waals surface area contributed by atoms with Gasteiger partial charge >= 0.3 is 0 Å². The number of hydrogen-bond acceptors (Lipinski definition) is 3. The smallest absolute Gasteiger partial charge is 0.254 e. The van der Waals surface area contributed by atoms with Gasteiger partial charge in [0.25, 0.3) is 6.71 Å². The minimum absolute atomic E-state index is 0.000921. The van der Waals surface area contributed by atoms with Crippen molar-refractivity contribution in [2.24, 2.45) is 0 Å². The van der Waals surface area contributed by atoms with Crippen LogP contribution in [0.3, 0.4) is 0 Å². The molecule has 352 valence electrons. The topological polar surface area (TPSA) is 6.48 Å². The second-order valence-corrected chi connectivity index (χ2v) is 29.1. The number of hydrogen-bond donors (Lipinski definition) is 0. The summed E-state index contributed by atoms with van der Waals surface area (Å²) in [5.74, 6) is 0. The Labute approximate surface area is 418 Å². The molecule has 1 spiro atoms. The molecule has 3 aliphatic heterocycles. The second kappa shape index (κ2) is 12.9. The molecule has 8 aliphatic rings. The minimum atomic E-state index is -0.000921. The fourth-order valence-electron chi connectivity index (χ4n) is 16.6. The number of aryl methyl sites for hydroxylation is 1. The Bertz CT molecular complexity index is 3320. The van der Waals surface area contributed by atoms with Gasteiger partial charge in [-0.2, -0.15) is 0 Å². The Kier molecular flexibility index (Phi) is 8.10. The second-order valence-electron chi connectivity index (χ2n) is 28.1. The highest BCUT2D eigenvalue weighted by molar-refractivity contribution is 7.21. The van der Waals surface area contributed by atoms with Gasteiger partial charge in [0, 0.05) is 38.6 Å². The molecule has 4 heteroatoms. The zero-order chi connectivity index (χ0) is 48.1. The van der Waals surface area contributed by atoms with Crippen molar-refractivity contribution in [3.63, 3.8) is 0 Å². The summed E-state index contributed by atoms with van der Waals surface area (Å²) in [7, 11) is 0. The first-order valence-electron chi connectivity index (χ1n) is 26.9. The first kappa shape index (κ1) is 43.3. The van der Waals surface area contributed by atoms with Gasteiger partial charge in [-0.3, -0.25) is 0 Å². The molecule has 69 heavy (non-hydrogen) atoms. The van der Waals surface area contributed by atoms with Crippen molar-refractivity contribution in [2.75, 3.05) is 9.80 Å². The molecule has 14 rings (SSSR count). The molecule has 5 aliphatic carbocycles. The molecule has 6 aromatic rings. The van der Waals surface area contributed by atoms with Gasteiger partial charge in [0.15, 0.2) is 0 Å². The fourth-order valence-corrected chi connectivity index (χ4v) is 18.2. The molecule has 0 amide bonds. The van der Waals surface area contributed by atoms with Gasteiger partial charge < -0.3 is 9.80 Å². The summed E-state index contributed by atoms with van der Waals surface area (Å²) in [5.41, 5.74) is 29.5. The highest BCUT2D eigenvalue weighted by Gasteiger charge is 2.66. The molecule has 0 saturated carbocycles. The molecule has 4 heterocycles. The van der Waals surface area contributed by atoms with E-state index in [1.165, 1.54) is 136 Å². The van der Waals surface area contributed by atoms with Crippen molar-refractivity contribution in [3.05, 3.63) is 134 Å². The lowest BCUT2D eigenvalue weighted by Crippen LogP contribution is -2.67. The first-order valence-corrected chi connectivity index (χ1v) is 27.8. The molecular weight excluding hydrogens is 852 g/mol. The highest BCUT2D eigenvalue weighted by atomic mass is 32.1. The molecule has 5 aromatic carbocycles. The summed E-state index contributed by atoms with van der Waals surface area (Å²) < 4.78 is 0. The van der Waals surface area contributed by atoms with E-state index in [4.69, 9.17) is 0 Å². The van der Waals surface area contributed by atoms with Gasteiger partial charge in [-0.05, 0) is 217 Å². The van der Waals surface area contributed by atoms with E-state index >= 15 is 0 Å². The van der Waals surface area contributed by atoms with Gasteiger partial charge in [-0.15, -0.1) is 11.3 Å². The van der Waals surface area contributed by atoms with Crippen molar-refractivity contribution in [1.29, 1.82) is 0 Å². The Balaban J connectivity index is 1.15. The first-order chi connectivity index (χ1) is 32.4. The van der Waals surface area contributed by atoms with Gasteiger partial charge in [0.1, 0.15) is 0 Å². The third-order valence-corrected chi connectivity index (χ3v) is 22.4. The molecule has 0 saturated heterocycles. The highest BCUT2D eigenvalue weighted by Crippen LogP contribution is 2.69. The lowest BCUT2D eigenvalue weighted by molar-refractivity contribution is 0.260. The predicted octanol–water partition coefficient (Wildman–Crippen LogP) is 15.9. The van der Waals surface area contributed by atoms with E-state index in [0.717, 1.165) is 0 Å². The van der Waals surface area contributed by atoms with Gasteiger partial charge in [0.05, 0.1) is 10.7 Å². The molecule has 0 bridgehead atoms. The average molecular weight is 925 g/mol. The number of nitrogens with zero attached hydrogens (tertiary/aromatic N) is 2. The lowest BCUT2D eigenvalue weighted by atomic mass is 9.28. The summed E-state index contributed by atoms with van der Waals surface area (Å²) in [6, 6.07) is 32.5. The van der Waals surface area contributed by atoms with E-state index in [-0.39, 0.29) is 50.0 Å². The maximum absolute atomic E-state index is 2.86. The van der Waals surface area contributed by atoms with Crippen LogP contribution in [0.15, 0.2) is 78.9 Å². The molecule has 0 N–H and O–H groups in total. The van der Waals surface area contributed by atoms with Crippen LogP contribution in [0.5, 0.6) is 0 Å². The Morgan fingerprint density at radius 3 is 1.68 bits per heavy atom. The molecule has 2 nitrogen and oxygen atoms in total. The Morgan fingerprint density at radius 1 is 0.449 bits per heavy atom. The number of benzene rings is 5. The summed E-state index contributed by atoms with van der Waals surface area (Å²) in [6.07, 6.45) is 11.0. The van der Waals surface area contributed by atoms with Crippen molar-refractivity contribution >= 4 is 67.9 Å². The standard InChI is InChI=1S/C65H73BN2S/c1-37-30-47-53-48(31-37)68(46-34-44-43(60(6,7)24-25-61(44,8)9)33-40(46)38-18-16-15-17-19-38)57-55-52-56(69-57)63(12,13)27-29-65(52)36-64(14)28-26-62(10,11)45-35-49(54(66(53)55)51(65)50(45)64)67(47)39-20-21-41-42(32-39)59(4,5)23-22-58(41,2)3/h15-21,30-35H,22-29,36H2,1-14H3. The lowest BCUT2D eigenvalue weighted by Gasteiger charge is -2.52. The Morgan fingerprint density at radius 2 is 1.00 bits per heavy atom. The van der Waals surface area contributed by atoms with Crippen LogP contribution < -0.4 is 26.2 Å². The number of fused-ring (bicyclic) bond motifs is 2. The summed E-state index contributed by atoms with van der Waals surface area (Å²) in [4.78, 5) is 7.36. The largest absolute Gasteiger partial charge is 0.311 e. The zero-order valence-electron chi connectivity index (χ0n) is 44.2. The quantitative estimate of drug-likeness (QED) is 0.163. The van der Waals surface area contributed by atoms with Crippen LogP contribution in [0.2, 0.25) is 0 Å². The number of anilines is 6. The van der Waals surface area contributed by atoms with Crippen LogP contribution in [-0.4, -0.2) is 6.71 Å². The van der Waals surface area contributed by atoms with Gasteiger partial charge in [0.2, 0.25) is 0 Å². The van der Waals surface area contributed by atoms with Gasteiger partial charge in [-0.25, -0.2) is 0 Å². The van der Waals surface area contributed by atoms with E-state index < -0.39 is 0 Å². The Hall–Kier alpha value is -4.54. The van der Waals surface area contributed by atoms with Crippen LogP contribution in [0, 0.1) is 6.92 Å². The summed E-state index contributed by atoms with van der Waals surface area (Å²) in [6.45, 7) is 35.6. The van der Waals surface area contributed by atoms with Crippen LogP contribution in [-0.2, 0) is 43.3 Å². The van der Waals surface area contributed by atoms with Crippen molar-refractivity contribution < 1.29 is 0 Å². The number of thiophene rings is 1. The van der Waals surface area contributed by atoms with E-state index in [1.54, 1.807) is 38.1 Å². The predicted molar refractivity (Wildman–Crippen MR) is 296 cm³/mol. The SMILES string of the molecule is Cc1cc2c3c(c1)N(c1cc4c(cc1-c1ccccc1)C(C)(C)CCC4(C)C)c1sc4c5c1B3c1c(cc3c6c1C5(CCC4(C)C)CC6(C)CCC3(C)C)N2c1ccc2c(c1)C(C)(C)CCC2(C)C. The van der Waals surface area contributed by atoms with E-state index in [2.05, 4.69) is 197 Å². The molecule has 0 radical (unpaired) electrons. The maximum Gasteiger partial charge on any atom is 0.254 e. The fraction of sp³-hybridized carbons (Fsp3) is 0.477. The third kappa shape index (κ3) is 5.31. The number of rotatable bonds is 3. The van der Waals surface area contributed by atoms with Crippen LogP contribution >= 0.6 is 11.3 Å². The van der Waals surface area contributed by atoms with Crippen LogP contribution in [0.25, 0.3) is 11.1 Å². The van der Waals surface area contributed by atoms with Gasteiger partial charge in [-0.1, -0.05) is 126 Å². The van der Waals surface area contributed by atoms with Crippen molar-refractivity contribution in [3.8, 4) is 11.1 Å². The molecule has 0 fully saturated rings. The maximum atomic E-state index is 2.86. The average Bonchev–Trinajstić information content (AvgIpc) is 3.83. The molecule has 2 atom stereocenters. The van der Waals surface area contributed by atoms with Crippen LogP contribution in [0.4, 0.5) is 33.4 Å². The molecular formula is C65H73BN2S. The van der Waals surface area contributed by atoms with E-state index in [1.807, 2.05) is 0 Å². The van der Waals surface area contributed by atoms with Crippen molar-refractivity contribution in [2.45, 2.75) is 198 Å². The minimum Gasteiger partial charge on any atom is -0.311 e. The summed E-state index contributed by atoms with van der Waals surface area (Å²) in [5, 5.41) is 1.49. The third-order valence-electron chi connectivity index (χ3n) is 20.8. The zero-order valence-corrected chi connectivity index (χ0v) is 45.1.